The lowest BCUT2D eigenvalue weighted by molar-refractivity contribution is 0.402. The van der Waals surface area contributed by atoms with E-state index in [0.29, 0.717) is 0 Å². The third kappa shape index (κ3) is 3.62. The van der Waals surface area contributed by atoms with Crippen LogP contribution in [0.2, 0.25) is 0 Å². The topological polar surface area (TPSA) is 3.24 Å². The molecule has 0 amide bonds. The molecule has 0 atom stereocenters. The molecule has 23 heavy (non-hydrogen) atoms. The maximum atomic E-state index is 2.28. The number of hydrogen-bond donors (Lipinski definition) is 0. The summed E-state index contributed by atoms with van der Waals surface area (Å²) in [6.45, 7) is 5.37. The maximum absolute atomic E-state index is 2.28. The van der Waals surface area contributed by atoms with Crippen molar-refractivity contribution < 1.29 is 0 Å². The van der Waals surface area contributed by atoms with Gasteiger partial charge in [-0.25, -0.2) is 0 Å². The van der Waals surface area contributed by atoms with E-state index in [2.05, 4.69) is 87.4 Å². The molecule has 1 nitrogen and oxygen atoms in total. The van der Waals surface area contributed by atoms with Crippen LogP contribution in [-0.4, -0.2) is 19.0 Å². The van der Waals surface area contributed by atoms with Crippen LogP contribution in [0.5, 0.6) is 0 Å². The first-order valence-electron chi connectivity index (χ1n) is 8.24. The number of hydrogen-bond acceptors (Lipinski definition) is 1. The monoisotopic (exact) mass is 303 g/mol. The molecule has 0 aliphatic rings. The van der Waals surface area contributed by atoms with Gasteiger partial charge < -0.3 is 4.90 Å². The summed E-state index contributed by atoms with van der Waals surface area (Å²) in [7, 11) is 4.21. The first-order valence-corrected chi connectivity index (χ1v) is 8.24. The second kappa shape index (κ2) is 6.55. The van der Waals surface area contributed by atoms with Crippen molar-refractivity contribution in [2.45, 2.75) is 26.8 Å². The van der Waals surface area contributed by atoms with Crippen LogP contribution in [0, 0.1) is 13.8 Å². The molecule has 0 N–H and O–H groups in total. The average molecular weight is 303 g/mol. The van der Waals surface area contributed by atoms with Gasteiger partial charge in [0.15, 0.2) is 0 Å². The van der Waals surface area contributed by atoms with Gasteiger partial charge in [-0.15, -0.1) is 0 Å². The van der Waals surface area contributed by atoms with Crippen LogP contribution >= 0.6 is 0 Å². The summed E-state index contributed by atoms with van der Waals surface area (Å²) in [6, 6.07) is 20.3. The molecule has 1 heteroatoms. The lowest BCUT2D eigenvalue weighted by atomic mass is 9.93. The summed E-state index contributed by atoms with van der Waals surface area (Å²) in [5.41, 5.74) is 6.88. The lowest BCUT2D eigenvalue weighted by Crippen LogP contribution is -2.10. The quantitative estimate of drug-likeness (QED) is 0.647. The van der Waals surface area contributed by atoms with Gasteiger partial charge in [-0.1, -0.05) is 60.2 Å². The van der Waals surface area contributed by atoms with Gasteiger partial charge in [0.25, 0.3) is 0 Å². The predicted molar refractivity (Wildman–Crippen MR) is 100 cm³/mol. The van der Waals surface area contributed by atoms with Crippen molar-refractivity contribution in [3.05, 3.63) is 82.4 Å². The first-order chi connectivity index (χ1) is 11.0. The summed E-state index contributed by atoms with van der Waals surface area (Å²) in [6.07, 6.45) is 0.995. The third-order valence-corrected chi connectivity index (χ3v) is 4.42. The summed E-state index contributed by atoms with van der Waals surface area (Å²) >= 11 is 0. The fraction of sp³-hybridized carbons (Fsp3) is 0.273. The highest BCUT2D eigenvalue weighted by molar-refractivity contribution is 5.87. The molecule has 0 fully saturated rings. The van der Waals surface area contributed by atoms with Crippen molar-refractivity contribution in [1.29, 1.82) is 0 Å². The number of benzene rings is 3. The van der Waals surface area contributed by atoms with Crippen LogP contribution in [0.25, 0.3) is 10.8 Å². The summed E-state index contributed by atoms with van der Waals surface area (Å²) < 4.78 is 0. The molecule has 0 radical (unpaired) electrons. The van der Waals surface area contributed by atoms with Crippen LogP contribution < -0.4 is 0 Å². The van der Waals surface area contributed by atoms with Gasteiger partial charge >= 0.3 is 0 Å². The Labute approximate surface area is 139 Å². The molecular weight excluding hydrogens is 278 g/mol. The minimum absolute atomic E-state index is 0.993. The van der Waals surface area contributed by atoms with Crippen LogP contribution in [0.4, 0.5) is 0 Å². The smallest absolute Gasteiger partial charge is 0.0227 e. The van der Waals surface area contributed by atoms with E-state index in [4.69, 9.17) is 0 Å². The molecule has 3 aromatic carbocycles. The number of aryl methyl sites for hydroxylation is 2. The standard InChI is InChI=1S/C22H25N/c1-16-5-12-21-20(13-16)11-6-17(2)22(21)14-18-7-9-19(10-8-18)15-23(3)4/h5-13H,14-15H2,1-4H3. The Balaban J connectivity index is 1.93. The van der Waals surface area contributed by atoms with Crippen LogP contribution in [0.15, 0.2) is 54.6 Å². The summed E-state index contributed by atoms with van der Waals surface area (Å²) in [4.78, 5) is 2.20. The van der Waals surface area contributed by atoms with Crippen molar-refractivity contribution in [3.8, 4) is 0 Å². The van der Waals surface area contributed by atoms with E-state index in [0.717, 1.165) is 13.0 Å². The van der Waals surface area contributed by atoms with Crippen LogP contribution in [0.1, 0.15) is 27.8 Å². The Bertz CT molecular complexity index is 813. The zero-order chi connectivity index (χ0) is 16.4. The molecule has 0 bridgehead atoms. The van der Waals surface area contributed by atoms with E-state index < -0.39 is 0 Å². The number of nitrogens with zero attached hydrogens (tertiary/aromatic N) is 1. The molecular formula is C22H25N. The predicted octanol–water partition coefficient (Wildman–Crippen LogP) is 5.11. The molecule has 118 valence electrons. The molecule has 0 unspecified atom stereocenters. The Morgan fingerprint density at radius 1 is 0.783 bits per heavy atom. The molecule has 3 aromatic rings. The minimum atomic E-state index is 0.993. The Morgan fingerprint density at radius 2 is 1.48 bits per heavy atom. The lowest BCUT2D eigenvalue weighted by Gasteiger charge is -2.13. The van der Waals surface area contributed by atoms with Crippen molar-refractivity contribution in [3.63, 3.8) is 0 Å². The van der Waals surface area contributed by atoms with Gasteiger partial charge in [0.2, 0.25) is 0 Å². The van der Waals surface area contributed by atoms with E-state index in [-0.39, 0.29) is 0 Å². The zero-order valence-corrected chi connectivity index (χ0v) is 14.6. The highest BCUT2D eigenvalue weighted by Gasteiger charge is 2.07. The minimum Gasteiger partial charge on any atom is -0.305 e. The van der Waals surface area contributed by atoms with E-state index in [1.807, 2.05) is 0 Å². The molecule has 0 spiro atoms. The first kappa shape index (κ1) is 15.8. The fourth-order valence-electron chi connectivity index (χ4n) is 3.19. The molecule has 0 aliphatic carbocycles. The second-order valence-corrected chi connectivity index (χ2v) is 6.82. The SMILES string of the molecule is Cc1ccc2c(Cc3ccc(CN(C)C)cc3)c(C)ccc2c1. The summed E-state index contributed by atoms with van der Waals surface area (Å²) in [5, 5.41) is 2.72. The van der Waals surface area contributed by atoms with Crippen molar-refractivity contribution in [2.75, 3.05) is 14.1 Å². The molecule has 0 heterocycles. The Hall–Kier alpha value is -2.12. The van der Waals surface area contributed by atoms with Gasteiger partial charge in [-0.05, 0) is 67.4 Å². The van der Waals surface area contributed by atoms with E-state index in [1.165, 1.54) is 38.6 Å². The van der Waals surface area contributed by atoms with Gasteiger partial charge in [0, 0.05) is 6.54 Å². The van der Waals surface area contributed by atoms with Gasteiger partial charge in [-0.2, -0.15) is 0 Å². The average Bonchev–Trinajstić information content (AvgIpc) is 2.51. The van der Waals surface area contributed by atoms with Gasteiger partial charge in [0.1, 0.15) is 0 Å². The Morgan fingerprint density at radius 3 is 2.17 bits per heavy atom. The highest BCUT2D eigenvalue weighted by Crippen LogP contribution is 2.26. The molecule has 0 aliphatic heterocycles. The molecule has 0 saturated carbocycles. The van der Waals surface area contributed by atoms with Gasteiger partial charge in [-0.3, -0.25) is 0 Å². The third-order valence-electron chi connectivity index (χ3n) is 4.42. The van der Waals surface area contributed by atoms with E-state index >= 15 is 0 Å². The van der Waals surface area contributed by atoms with Crippen LogP contribution in [-0.2, 0) is 13.0 Å². The second-order valence-electron chi connectivity index (χ2n) is 6.82. The maximum Gasteiger partial charge on any atom is 0.0227 e. The normalized spacial score (nSPS) is 11.3. The zero-order valence-electron chi connectivity index (χ0n) is 14.6. The van der Waals surface area contributed by atoms with Crippen molar-refractivity contribution in [1.82, 2.24) is 4.90 Å². The summed E-state index contributed by atoms with van der Waals surface area (Å²) in [5.74, 6) is 0. The molecule has 0 aromatic heterocycles. The van der Waals surface area contributed by atoms with Gasteiger partial charge in [0.05, 0.1) is 0 Å². The highest BCUT2D eigenvalue weighted by atomic mass is 15.0. The number of fused-ring (bicyclic) bond motifs is 1. The fourth-order valence-corrected chi connectivity index (χ4v) is 3.19. The molecule has 0 saturated heterocycles. The Kier molecular flexibility index (Phi) is 4.49. The van der Waals surface area contributed by atoms with Crippen molar-refractivity contribution >= 4 is 10.8 Å². The van der Waals surface area contributed by atoms with Crippen LogP contribution in [0.3, 0.4) is 0 Å². The number of rotatable bonds is 4. The van der Waals surface area contributed by atoms with Crippen molar-refractivity contribution in [2.24, 2.45) is 0 Å². The van der Waals surface area contributed by atoms with E-state index in [9.17, 15) is 0 Å². The largest absolute Gasteiger partial charge is 0.305 e. The molecule has 3 rings (SSSR count). The van der Waals surface area contributed by atoms with E-state index in [1.54, 1.807) is 0 Å².